The van der Waals surface area contributed by atoms with E-state index in [1.807, 2.05) is 18.2 Å². The zero-order valence-electron chi connectivity index (χ0n) is 12.3. The first-order valence-corrected chi connectivity index (χ1v) is 8.44. The first-order valence-electron chi connectivity index (χ1n) is 7.28. The van der Waals surface area contributed by atoms with Crippen LogP contribution in [0.25, 0.3) is 0 Å². The molecule has 2 aromatic rings. The van der Waals surface area contributed by atoms with Gasteiger partial charge in [0.2, 0.25) is 0 Å². The van der Waals surface area contributed by atoms with Crippen LogP contribution >= 0.6 is 11.8 Å². The molecule has 0 radical (unpaired) electrons. The number of rotatable bonds is 7. The third-order valence-corrected chi connectivity index (χ3v) is 4.41. The largest absolute Gasteiger partial charge is 0.481 e. The highest BCUT2D eigenvalue weighted by Crippen LogP contribution is 2.40. The minimum Gasteiger partial charge on any atom is -0.481 e. The molecule has 6 nitrogen and oxygen atoms in total. The molecule has 1 aromatic carbocycles. The van der Waals surface area contributed by atoms with Gasteiger partial charge in [0.25, 0.3) is 5.91 Å². The van der Waals surface area contributed by atoms with Crippen LogP contribution in [0.5, 0.6) is 0 Å². The van der Waals surface area contributed by atoms with Gasteiger partial charge in [-0.3, -0.25) is 9.59 Å². The summed E-state index contributed by atoms with van der Waals surface area (Å²) >= 11 is 1.31. The summed E-state index contributed by atoms with van der Waals surface area (Å²) in [4.78, 5) is 22.7. The number of carbonyl (C=O) groups excluding carboxylic acids is 1. The summed E-state index contributed by atoms with van der Waals surface area (Å²) < 4.78 is 5.18. The maximum absolute atomic E-state index is 12.2. The van der Waals surface area contributed by atoms with Crippen LogP contribution in [0.15, 0.2) is 34.9 Å². The Balaban J connectivity index is 1.59. The molecule has 0 saturated heterocycles. The summed E-state index contributed by atoms with van der Waals surface area (Å²) in [6.45, 7) is 0. The Morgan fingerprint density at radius 1 is 1.35 bits per heavy atom. The number of nitrogens with zero attached hydrogens (tertiary/aromatic N) is 1. The van der Waals surface area contributed by atoms with Crippen molar-refractivity contribution in [1.82, 2.24) is 5.16 Å². The lowest BCUT2D eigenvalue weighted by Crippen LogP contribution is -2.12. The summed E-state index contributed by atoms with van der Waals surface area (Å²) in [6, 6.07) is 9.02. The molecule has 23 heavy (non-hydrogen) atoms. The van der Waals surface area contributed by atoms with Crippen molar-refractivity contribution in [2.45, 2.75) is 24.5 Å². The fourth-order valence-corrected chi connectivity index (χ4v) is 2.84. The van der Waals surface area contributed by atoms with Gasteiger partial charge in [-0.15, -0.1) is 11.8 Å². The number of aliphatic carboxylic acids is 1. The summed E-state index contributed by atoms with van der Waals surface area (Å²) in [7, 11) is 0. The van der Waals surface area contributed by atoms with Gasteiger partial charge >= 0.3 is 5.97 Å². The van der Waals surface area contributed by atoms with Gasteiger partial charge in [0.05, 0.1) is 5.75 Å². The summed E-state index contributed by atoms with van der Waals surface area (Å²) in [5.74, 6) is 0.672. The number of carbonyl (C=O) groups is 2. The molecule has 3 rings (SSSR count). The first-order chi connectivity index (χ1) is 11.1. The highest BCUT2D eigenvalue weighted by molar-refractivity contribution is 7.99. The summed E-state index contributed by atoms with van der Waals surface area (Å²) in [6.07, 6.45) is 2.18. The van der Waals surface area contributed by atoms with Crippen molar-refractivity contribution in [2.75, 3.05) is 11.1 Å². The van der Waals surface area contributed by atoms with Crippen LogP contribution < -0.4 is 5.32 Å². The van der Waals surface area contributed by atoms with Crippen LogP contribution in [0.1, 0.15) is 40.6 Å². The molecule has 7 heteroatoms. The number of hydrogen-bond donors (Lipinski definition) is 2. The molecular formula is C16H16N2O4S. The number of thioether (sulfide) groups is 1. The van der Waals surface area contributed by atoms with Gasteiger partial charge in [-0.2, -0.15) is 0 Å². The number of nitrogens with one attached hydrogen (secondary N) is 1. The molecule has 1 aromatic heterocycles. The Morgan fingerprint density at radius 2 is 2.17 bits per heavy atom. The number of hydrogen-bond acceptors (Lipinski definition) is 5. The van der Waals surface area contributed by atoms with Gasteiger partial charge in [0.15, 0.2) is 5.69 Å². The lowest BCUT2D eigenvalue weighted by molar-refractivity contribution is -0.133. The standard InChI is InChI=1S/C16H16N2O4S/c19-15(20)9-23-8-10-2-1-3-12(6-10)17-16(21)13-7-14(22-18-13)11-4-5-11/h1-3,6-7,11H,4-5,8-9H2,(H,17,21)(H,19,20). The van der Waals surface area contributed by atoms with E-state index in [0.717, 1.165) is 24.2 Å². The minimum absolute atomic E-state index is 0.0550. The summed E-state index contributed by atoms with van der Waals surface area (Å²) in [5, 5.41) is 15.2. The van der Waals surface area contributed by atoms with Crippen LogP contribution in [-0.4, -0.2) is 27.9 Å². The molecule has 0 aliphatic heterocycles. The maximum atomic E-state index is 12.2. The first kappa shape index (κ1) is 15.6. The second-order valence-corrected chi connectivity index (χ2v) is 6.42. The van der Waals surface area contributed by atoms with Crippen molar-refractivity contribution in [1.29, 1.82) is 0 Å². The van der Waals surface area contributed by atoms with E-state index in [4.69, 9.17) is 9.63 Å². The average Bonchev–Trinajstić information content (AvgIpc) is 3.24. The number of aromatic nitrogens is 1. The molecule has 1 fully saturated rings. The fourth-order valence-electron chi connectivity index (χ4n) is 2.15. The normalized spacial score (nSPS) is 13.7. The van der Waals surface area contributed by atoms with E-state index < -0.39 is 5.97 Å². The predicted octanol–water partition coefficient (Wildman–Crippen LogP) is 3.12. The Bertz CT molecular complexity index is 724. The highest BCUT2D eigenvalue weighted by atomic mass is 32.2. The second-order valence-electron chi connectivity index (χ2n) is 5.43. The van der Waals surface area contributed by atoms with Crippen molar-refractivity contribution < 1.29 is 19.2 Å². The van der Waals surface area contributed by atoms with Crippen molar-refractivity contribution in [3.05, 3.63) is 47.3 Å². The predicted molar refractivity (Wildman–Crippen MR) is 86.7 cm³/mol. The molecule has 1 heterocycles. The number of amides is 1. The van der Waals surface area contributed by atoms with Crippen molar-refractivity contribution in [2.24, 2.45) is 0 Å². The monoisotopic (exact) mass is 332 g/mol. The van der Waals surface area contributed by atoms with Gasteiger partial charge in [0, 0.05) is 23.4 Å². The molecule has 1 aliphatic carbocycles. The molecule has 1 saturated carbocycles. The van der Waals surface area contributed by atoms with Gasteiger partial charge < -0.3 is 14.9 Å². The molecule has 0 bridgehead atoms. The van der Waals surface area contributed by atoms with Gasteiger partial charge in [-0.05, 0) is 30.5 Å². The topological polar surface area (TPSA) is 92.4 Å². The molecule has 1 amide bonds. The zero-order valence-corrected chi connectivity index (χ0v) is 13.1. The van der Waals surface area contributed by atoms with E-state index in [0.29, 0.717) is 17.4 Å². The van der Waals surface area contributed by atoms with E-state index in [1.54, 1.807) is 12.1 Å². The second kappa shape index (κ2) is 6.87. The molecule has 2 N–H and O–H groups in total. The lowest BCUT2D eigenvalue weighted by Gasteiger charge is -2.05. The average molecular weight is 332 g/mol. The van der Waals surface area contributed by atoms with E-state index in [9.17, 15) is 9.59 Å². The SMILES string of the molecule is O=C(O)CSCc1cccc(NC(=O)c2cc(C3CC3)on2)c1. The number of carboxylic acid groups (broad SMARTS) is 1. The van der Waals surface area contributed by atoms with Crippen LogP contribution in [0.2, 0.25) is 0 Å². The molecule has 1 aliphatic rings. The van der Waals surface area contributed by atoms with Crippen LogP contribution in [0.4, 0.5) is 5.69 Å². The molecule has 0 atom stereocenters. The van der Waals surface area contributed by atoms with Gasteiger partial charge in [-0.25, -0.2) is 0 Å². The van der Waals surface area contributed by atoms with Crippen LogP contribution in [0.3, 0.4) is 0 Å². The molecule has 120 valence electrons. The zero-order chi connectivity index (χ0) is 16.2. The van der Waals surface area contributed by atoms with Crippen molar-refractivity contribution >= 4 is 29.3 Å². The van der Waals surface area contributed by atoms with E-state index >= 15 is 0 Å². The van der Waals surface area contributed by atoms with Crippen LogP contribution in [0, 0.1) is 0 Å². The highest BCUT2D eigenvalue weighted by Gasteiger charge is 2.28. The van der Waals surface area contributed by atoms with E-state index in [2.05, 4.69) is 10.5 Å². The van der Waals surface area contributed by atoms with E-state index in [-0.39, 0.29) is 17.4 Å². The Kier molecular flexibility index (Phi) is 4.66. The molecule has 0 unspecified atom stereocenters. The number of anilines is 1. The smallest absolute Gasteiger partial charge is 0.313 e. The third-order valence-electron chi connectivity index (χ3n) is 3.42. The van der Waals surface area contributed by atoms with Crippen molar-refractivity contribution in [3.8, 4) is 0 Å². The van der Waals surface area contributed by atoms with Gasteiger partial charge in [-0.1, -0.05) is 17.3 Å². The third kappa shape index (κ3) is 4.35. The van der Waals surface area contributed by atoms with Crippen LogP contribution in [-0.2, 0) is 10.5 Å². The lowest BCUT2D eigenvalue weighted by atomic mass is 10.2. The fraction of sp³-hybridized carbons (Fsp3) is 0.312. The Labute approximate surface area is 137 Å². The summed E-state index contributed by atoms with van der Waals surface area (Å²) in [5.41, 5.74) is 1.88. The molecule has 0 spiro atoms. The quantitative estimate of drug-likeness (QED) is 0.809. The minimum atomic E-state index is -0.836. The van der Waals surface area contributed by atoms with Gasteiger partial charge in [0.1, 0.15) is 5.76 Å². The Hall–Kier alpha value is -2.28. The van der Waals surface area contributed by atoms with Crippen molar-refractivity contribution in [3.63, 3.8) is 0 Å². The Morgan fingerprint density at radius 3 is 2.91 bits per heavy atom. The maximum Gasteiger partial charge on any atom is 0.313 e. The van der Waals surface area contributed by atoms with E-state index in [1.165, 1.54) is 11.8 Å². The molecular weight excluding hydrogens is 316 g/mol. The number of benzene rings is 1. The number of carboxylic acids is 1.